The SMILES string of the molecule is NC1CCC(Nc2ncc3cc4n(c3n2)C2(CCCCC2)CCC4=O)CC1. The zero-order valence-electron chi connectivity index (χ0n) is 15.9. The third-order valence-electron chi connectivity index (χ3n) is 7.01. The molecule has 2 fully saturated rings. The molecule has 0 radical (unpaired) electrons. The normalized spacial score (nSPS) is 27.7. The zero-order valence-corrected chi connectivity index (χ0v) is 15.9. The quantitative estimate of drug-likeness (QED) is 0.844. The van der Waals surface area contributed by atoms with E-state index in [1.807, 2.05) is 12.3 Å². The summed E-state index contributed by atoms with van der Waals surface area (Å²) in [4.78, 5) is 22.1. The molecule has 0 atom stereocenters. The molecule has 1 spiro atoms. The van der Waals surface area contributed by atoms with E-state index in [2.05, 4.69) is 14.9 Å². The number of carbonyl (C=O) groups excluding carboxylic acids is 1. The standard InChI is InChI=1S/C21H29N5O/c22-15-4-6-16(7-5-15)24-20-23-13-14-12-17-18(27)8-11-21(9-2-1-3-10-21)26(17)19(14)25-20/h12-13,15-16H,1-11,22H2,(H,23,24,25). The van der Waals surface area contributed by atoms with Crippen LogP contribution in [0.1, 0.15) is 81.1 Å². The number of fused-ring (bicyclic) bond motifs is 4. The van der Waals surface area contributed by atoms with Gasteiger partial charge in [0.15, 0.2) is 5.78 Å². The molecule has 2 aliphatic carbocycles. The Hall–Kier alpha value is -1.95. The average Bonchev–Trinajstić information content (AvgIpc) is 3.08. The molecule has 6 nitrogen and oxygen atoms in total. The summed E-state index contributed by atoms with van der Waals surface area (Å²) in [5, 5.41) is 4.50. The summed E-state index contributed by atoms with van der Waals surface area (Å²) in [5.74, 6) is 0.938. The van der Waals surface area contributed by atoms with E-state index < -0.39 is 0 Å². The number of anilines is 1. The second kappa shape index (κ2) is 6.59. The first-order valence-electron chi connectivity index (χ1n) is 10.6. The van der Waals surface area contributed by atoms with Crippen LogP contribution in [0.2, 0.25) is 0 Å². The molecule has 0 bridgehead atoms. The van der Waals surface area contributed by atoms with Crippen LogP contribution in [0.25, 0.3) is 11.0 Å². The third-order valence-corrected chi connectivity index (χ3v) is 7.01. The highest BCUT2D eigenvalue weighted by Gasteiger charge is 2.41. The van der Waals surface area contributed by atoms with Gasteiger partial charge in [0, 0.05) is 35.6 Å². The Morgan fingerprint density at radius 2 is 1.89 bits per heavy atom. The third kappa shape index (κ3) is 2.94. The maximum atomic E-state index is 12.6. The lowest BCUT2D eigenvalue weighted by Crippen LogP contribution is -2.41. The van der Waals surface area contributed by atoms with Gasteiger partial charge in [-0.2, -0.15) is 4.98 Å². The summed E-state index contributed by atoms with van der Waals surface area (Å²) in [6.45, 7) is 0. The fourth-order valence-corrected chi connectivity index (χ4v) is 5.46. The highest BCUT2D eigenvalue weighted by Crippen LogP contribution is 2.45. The molecular weight excluding hydrogens is 338 g/mol. The van der Waals surface area contributed by atoms with Crippen molar-refractivity contribution in [3.63, 3.8) is 0 Å². The van der Waals surface area contributed by atoms with Crippen molar-refractivity contribution < 1.29 is 4.79 Å². The molecule has 3 N–H and O–H groups in total. The second-order valence-corrected chi connectivity index (χ2v) is 8.80. The Labute approximate surface area is 159 Å². The zero-order chi connectivity index (χ0) is 18.4. The first kappa shape index (κ1) is 17.2. The largest absolute Gasteiger partial charge is 0.351 e. The molecule has 3 heterocycles. The van der Waals surface area contributed by atoms with Gasteiger partial charge in [-0.05, 0) is 51.0 Å². The summed E-state index contributed by atoms with van der Waals surface area (Å²) in [5.41, 5.74) is 7.88. The molecule has 2 aromatic heterocycles. The lowest BCUT2D eigenvalue weighted by atomic mass is 9.75. The van der Waals surface area contributed by atoms with Gasteiger partial charge in [-0.25, -0.2) is 4.98 Å². The second-order valence-electron chi connectivity index (χ2n) is 8.80. The van der Waals surface area contributed by atoms with Crippen LogP contribution in [0.5, 0.6) is 0 Å². The smallest absolute Gasteiger partial charge is 0.224 e. The number of nitrogens with one attached hydrogen (secondary N) is 1. The Kier molecular flexibility index (Phi) is 4.19. The van der Waals surface area contributed by atoms with Gasteiger partial charge >= 0.3 is 0 Å². The molecule has 0 aromatic carbocycles. The summed E-state index contributed by atoms with van der Waals surface area (Å²) in [6, 6.07) is 2.74. The predicted octanol–water partition coefficient (Wildman–Crippen LogP) is 3.75. The van der Waals surface area contributed by atoms with E-state index >= 15 is 0 Å². The molecular formula is C21H29N5O. The van der Waals surface area contributed by atoms with Crippen molar-refractivity contribution in [2.75, 3.05) is 5.32 Å². The number of aromatic nitrogens is 3. The minimum Gasteiger partial charge on any atom is -0.351 e. The number of rotatable bonds is 2. The Morgan fingerprint density at radius 3 is 2.67 bits per heavy atom. The van der Waals surface area contributed by atoms with Crippen LogP contribution in [-0.4, -0.2) is 32.4 Å². The van der Waals surface area contributed by atoms with Crippen LogP contribution >= 0.6 is 0 Å². The lowest BCUT2D eigenvalue weighted by molar-refractivity contribution is 0.0852. The maximum absolute atomic E-state index is 12.6. The highest BCUT2D eigenvalue weighted by atomic mass is 16.1. The first-order valence-corrected chi connectivity index (χ1v) is 10.6. The van der Waals surface area contributed by atoms with Gasteiger partial charge in [0.25, 0.3) is 0 Å². The summed E-state index contributed by atoms with van der Waals surface area (Å²) in [7, 11) is 0. The number of Topliss-reactive ketones (excluding diaryl/α,β-unsaturated/α-hetero) is 1. The van der Waals surface area contributed by atoms with E-state index in [1.165, 1.54) is 19.3 Å². The molecule has 0 saturated heterocycles. The van der Waals surface area contributed by atoms with E-state index in [4.69, 9.17) is 10.7 Å². The Balaban J connectivity index is 1.53. The van der Waals surface area contributed by atoms with E-state index in [-0.39, 0.29) is 11.3 Å². The van der Waals surface area contributed by atoms with Gasteiger partial charge < -0.3 is 15.6 Å². The van der Waals surface area contributed by atoms with Gasteiger partial charge in [0.05, 0.1) is 5.69 Å². The van der Waals surface area contributed by atoms with Gasteiger partial charge in [-0.3, -0.25) is 4.79 Å². The van der Waals surface area contributed by atoms with Crippen LogP contribution < -0.4 is 11.1 Å². The predicted molar refractivity (Wildman–Crippen MR) is 106 cm³/mol. The number of nitrogens with two attached hydrogens (primary N) is 1. The first-order chi connectivity index (χ1) is 13.1. The average molecular weight is 367 g/mol. The van der Waals surface area contributed by atoms with Crippen LogP contribution in [0.15, 0.2) is 12.3 Å². The van der Waals surface area contributed by atoms with Crippen molar-refractivity contribution in [2.45, 2.75) is 88.3 Å². The minimum atomic E-state index is 0.0759. The minimum absolute atomic E-state index is 0.0759. The maximum Gasteiger partial charge on any atom is 0.224 e. The van der Waals surface area contributed by atoms with Gasteiger partial charge in [0.1, 0.15) is 5.65 Å². The van der Waals surface area contributed by atoms with E-state index in [9.17, 15) is 4.79 Å². The van der Waals surface area contributed by atoms with Crippen LogP contribution in [-0.2, 0) is 5.54 Å². The molecule has 1 aliphatic heterocycles. The number of nitrogens with zero attached hydrogens (tertiary/aromatic N) is 3. The summed E-state index contributed by atoms with van der Waals surface area (Å²) in [6.07, 6.45) is 13.8. The van der Waals surface area contributed by atoms with Crippen molar-refractivity contribution in [3.8, 4) is 0 Å². The Bertz CT molecular complexity index is 859. The van der Waals surface area contributed by atoms with Crippen molar-refractivity contribution in [2.24, 2.45) is 5.73 Å². The molecule has 0 unspecified atom stereocenters. The Morgan fingerprint density at radius 1 is 1.11 bits per heavy atom. The van der Waals surface area contributed by atoms with Crippen LogP contribution in [0, 0.1) is 0 Å². The molecule has 3 aliphatic rings. The van der Waals surface area contributed by atoms with E-state index in [0.717, 1.165) is 61.7 Å². The summed E-state index contributed by atoms with van der Waals surface area (Å²) >= 11 is 0. The fraction of sp³-hybridized carbons (Fsp3) is 0.667. The monoisotopic (exact) mass is 367 g/mol. The lowest BCUT2D eigenvalue weighted by Gasteiger charge is -2.42. The van der Waals surface area contributed by atoms with Gasteiger partial charge in [0.2, 0.25) is 5.95 Å². The van der Waals surface area contributed by atoms with Crippen LogP contribution in [0.3, 0.4) is 0 Å². The van der Waals surface area contributed by atoms with Crippen molar-refractivity contribution in [1.29, 1.82) is 0 Å². The molecule has 144 valence electrons. The molecule has 6 heteroatoms. The number of ketones is 1. The topological polar surface area (TPSA) is 85.8 Å². The van der Waals surface area contributed by atoms with Crippen molar-refractivity contribution >= 4 is 22.8 Å². The van der Waals surface area contributed by atoms with E-state index in [0.29, 0.717) is 24.5 Å². The molecule has 27 heavy (non-hydrogen) atoms. The van der Waals surface area contributed by atoms with Crippen molar-refractivity contribution in [3.05, 3.63) is 18.0 Å². The molecule has 0 amide bonds. The molecule has 2 aromatic rings. The number of hydrogen-bond acceptors (Lipinski definition) is 5. The summed E-state index contributed by atoms with van der Waals surface area (Å²) < 4.78 is 2.29. The number of hydrogen-bond donors (Lipinski definition) is 2. The molecule has 5 rings (SSSR count). The number of carbonyl (C=O) groups is 1. The fourth-order valence-electron chi connectivity index (χ4n) is 5.46. The van der Waals surface area contributed by atoms with Gasteiger partial charge in [-0.15, -0.1) is 0 Å². The highest BCUT2D eigenvalue weighted by molar-refractivity contribution is 6.00. The van der Waals surface area contributed by atoms with Gasteiger partial charge in [-0.1, -0.05) is 19.3 Å². The van der Waals surface area contributed by atoms with Crippen LogP contribution in [0.4, 0.5) is 5.95 Å². The molecule has 2 saturated carbocycles. The van der Waals surface area contributed by atoms with E-state index in [1.54, 1.807) is 0 Å². The van der Waals surface area contributed by atoms with Crippen molar-refractivity contribution in [1.82, 2.24) is 14.5 Å².